The Balaban J connectivity index is 4.87. The zero-order valence-electron chi connectivity index (χ0n) is 17.5. The first-order chi connectivity index (χ1) is 13.6. The molecule has 0 rings (SSSR count). The maximum absolute atomic E-state index is 13.3. The van der Waals surface area contributed by atoms with Crippen molar-refractivity contribution >= 4 is 11.9 Å². The van der Waals surface area contributed by atoms with Gasteiger partial charge in [0.1, 0.15) is 0 Å². The van der Waals surface area contributed by atoms with Gasteiger partial charge in [-0.2, -0.15) is 39.5 Å². The molecule has 0 aliphatic rings. The Morgan fingerprint density at radius 1 is 0.806 bits per heavy atom. The normalized spacial score (nSPS) is 15.1. The zero-order valence-corrected chi connectivity index (χ0v) is 17.5. The molecule has 0 spiro atoms. The number of hydrogen-bond acceptors (Lipinski definition) is 4. The fourth-order valence-corrected chi connectivity index (χ4v) is 2.40. The van der Waals surface area contributed by atoms with Crippen LogP contribution >= 0.6 is 0 Å². The van der Waals surface area contributed by atoms with Crippen molar-refractivity contribution in [2.75, 3.05) is 13.2 Å². The minimum Gasteiger partial charge on any atom is -0.463 e. The highest BCUT2D eigenvalue weighted by molar-refractivity contribution is 5.78. The summed E-state index contributed by atoms with van der Waals surface area (Å²) in [6.45, 7) is 6.18. The lowest BCUT2D eigenvalue weighted by atomic mass is 9.76. The van der Waals surface area contributed by atoms with E-state index in [9.17, 15) is 49.1 Å². The van der Waals surface area contributed by atoms with Gasteiger partial charge in [0.05, 0.1) is 18.9 Å². The predicted molar refractivity (Wildman–Crippen MR) is 89.8 cm³/mol. The van der Waals surface area contributed by atoms with E-state index in [0.29, 0.717) is 6.42 Å². The average Bonchev–Trinajstić information content (AvgIpc) is 2.54. The van der Waals surface area contributed by atoms with Crippen LogP contribution in [0.15, 0.2) is 0 Å². The molecule has 0 heterocycles. The van der Waals surface area contributed by atoms with Crippen molar-refractivity contribution in [1.82, 2.24) is 0 Å². The molecule has 13 heteroatoms. The van der Waals surface area contributed by atoms with Gasteiger partial charge in [-0.05, 0) is 17.8 Å². The molecule has 0 aromatic rings. The van der Waals surface area contributed by atoms with E-state index in [1.54, 1.807) is 20.8 Å². The molecule has 0 N–H and O–H groups in total. The van der Waals surface area contributed by atoms with Gasteiger partial charge in [0.15, 0.2) is 6.61 Å². The van der Waals surface area contributed by atoms with E-state index >= 15 is 0 Å². The van der Waals surface area contributed by atoms with E-state index in [1.807, 2.05) is 13.8 Å². The van der Waals surface area contributed by atoms with E-state index in [4.69, 9.17) is 4.74 Å². The number of halogens is 9. The maximum atomic E-state index is 13.3. The molecule has 184 valence electrons. The highest BCUT2D eigenvalue weighted by Gasteiger charge is 2.81. The summed E-state index contributed by atoms with van der Waals surface area (Å²) in [7, 11) is 0. The Morgan fingerprint density at radius 3 is 1.68 bits per heavy atom. The van der Waals surface area contributed by atoms with Gasteiger partial charge >= 0.3 is 35.9 Å². The van der Waals surface area contributed by atoms with Crippen LogP contribution in [0.25, 0.3) is 0 Å². The van der Waals surface area contributed by atoms with Gasteiger partial charge in [-0.3, -0.25) is 4.79 Å². The second kappa shape index (κ2) is 9.85. The van der Waals surface area contributed by atoms with Gasteiger partial charge in [0, 0.05) is 0 Å². The molecule has 0 saturated carbocycles. The summed E-state index contributed by atoms with van der Waals surface area (Å²) in [5.41, 5.74) is -0.553. The van der Waals surface area contributed by atoms with Gasteiger partial charge < -0.3 is 9.47 Å². The van der Waals surface area contributed by atoms with E-state index in [-0.39, 0.29) is 5.92 Å². The molecule has 0 aliphatic heterocycles. The van der Waals surface area contributed by atoms with Crippen molar-refractivity contribution in [3.8, 4) is 0 Å². The molecule has 1 unspecified atom stereocenters. The van der Waals surface area contributed by atoms with E-state index < -0.39 is 66.8 Å². The van der Waals surface area contributed by atoms with E-state index in [0.717, 1.165) is 0 Å². The fraction of sp³-hybridized carbons (Fsp3) is 0.889. The third-order valence-corrected chi connectivity index (χ3v) is 4.26. The van der Waals surface area contributed by atoms with Crippen molar-refractivity contribution in [2.45, 2.75) is 71.4 Å². The topological polar surface area (TPSA) is 52.6 Å². The molecular formula is C18H25F9O4. The number of rotatable bonds is 10. The highest BCUT2D eigenvalue weighted by atomic mass is 19.4. The lowest BCUT2D eigenvalue weighted by Crippen LogP contribution is -2.61. The van der Waals surface area contributed by atoms with Gasteiger partial charge in [-0.15, -0.1) is 0 Å². The van der Waals surface area contributed by atoms with Crippen molar-refractivity contribution in [2.24, 2.45) is 17.3 Å². The number of ether oxygens (including phenoxy) is 2. The Labute approximate surface area is 173 Å². The van der Waals surface area contributed by atoms with E-state index in [2.05, 4.69) is 4.74 Å². The molecule has 0 aromatic carbocycles. The molecule has 0 aliphatic carbocycles. The highest BCUT2D eigenvalue weighted by Crippen LogP contribution is 2.53. The van der Waals surface area contributed by atoms with Crippen molar-refractivity contribution in [1.29, 1.82) is 0 Å². The Kier molecular flexibility index (Phi) is 9.31. The predicted octanol–water partition coefficient (Wildman–Crippen LogP) is 5.64. The van der Waals surface area contributed by atoms with Crippen LogP contribution in [0.2, 0.25) is 0 Å². The molecule has 4 nitrogen and oxygen atoms in total. The summed E-state index contributed by atoms with van der Waals surface area (Å²) in [5.74, 6) is -22.5. The molecule has 0 radical (unpaired) electrons. The second-order valence-electron chi connectivity index (χ2n) is 8.48. The smallest absolute Gasteiger partial charge is 0.460 e. The average molecular weight is 476 g/mol. The van der Waals surface area contributed by atoms with Crippen molar-refractivity contribution < 1.29 is 58.6 Å². The first kappa shape index (κ1) is 29.3. The quantitative estimate of drug-likeness (QED) is 0.303. The Hall–Kier alpha value is -1.69. The van der Waals surface area contributed by atoms with E-state index in [1.165, 1.54) is 0 Å². The number of hydrogen-bond donors (Lipinski definition) is 0. The molecular weight excluding hydrogens is 451 g/mol. The van der Waals surface area contributed by atoms with Crippen LogP contribution < -0.4 is 0 Å². The van der Waals surface area contributed by atoms with Crippen LogP contribution in [0.4, 0.5) is 39.5 Å². The molecule has 0 fully saturated rings. The first-order valence-corrected chi connectivity index (χ1v) is 9.10. The van der Waals surface area contributed by atoms with Crippen LogP contribution in [-0.2, 0) is 19.1 Å². The minimum absolute atomic E-state index is 0.0856. The standard InChI is InChI=1S/C18H25F9O4/c1-10(2)8-11(14(3,4)5)13(29)31-9-12(28)30-7-6-15(19,20)16(21,22)17(23,24)18(25,26)27/h10-11H,6-9H2,1-5H3. The number of alkyl halides is 9. The third-order valence-electron chi connectivity index (χ3n) is 4.26. The summed E-state index contributed by atoms with van der Waals surface area (Å²) >= 11 is 0. The minimum atomic E-state index is -7.01. The molecule has 0 amide bonds. The fourth-order valence-electron chi connectivity index (χ4n) is 2.40. The summed E-state index contributed by atoms with van der Waals surface area (Å²) < 4.78 is 123. The van der Waals surface area contributed by atoms with Crippen LogP contribution in [-0.4, -0.2) is 49.1 Å². The Morgan fingerprint density at radius 2 is 1.29 bits per heavy atom. The lowest BCUT2D eigenvalue weighted by Gasteiger charge is -2.33. The first-order valence-electron chi connectivity index (χ1n) is 9.10. The van der Waals surface area contributed by atoms with Crippen molar-refractivity contribution in [3.63, 3.8) is 0 Å². The maximum Gasteiger partial charge on any atom is 0.460 e. The van der Waals surface area contributed by atoms with Crippen LogP contribution in [0.3, 0.4) is 0 Å². The number of esters is 2. The molecule has 0 bridgehead atoms. The van der Waals surface area contributed by atoms with Crippen LogP contribution in [0.5, 0.6) is 0 Å². The lowest BCUT2D eigenvalue weighted by molar-refractivity contribution is -0.397. The van der Waals surface area contributed by atoms with Gasteiger partial charge in [0.2, 0.25) is 0 Å². The Bertz CT molecular complexity index is 623. The molecule has 1 atom stereocenters. The largest absolute Gasteiger partial charge is 0.463 e. The summed E-state index contributed by atoms with van der Waals surface area (Å²) in [6, 6.07) is 0. The molecule has 0 aromatic heterocycles. The van der Waals surface area contributed by atoms with Crippen molar-refractivity contribution in [3.05, 3.63) is 0 Å². The number of carbonyl (C=O) groups is 2. The van der Waals surface area contributed by atoms with Gasteiger partial charge in [-0.1, -0.05) is 34.6 Å². The van der Waals surface area contributed by atoms with Crippen LogP contribution in [0.1, 0.15) is 47.5 Å². The monoisotopic (exact) mass is 476 g/mol. The van der Waals surface area contributed by atoms with Gasteiger partial charge in [0.25, 0.3) is 0 Å². The summed E-state index contributed by atoms with van der Waals surface area (Å²) in [6.07, 6.45) is -8.85. The number of carbonyl (C=O) groups excluding carboxylic acids is 2. The summed E-state index contributed by atoms with van der Waals surface area (Å²) in [5, 5.41) is 0. The SMILES string of the molecule is CC(C)CC(C(=O)OCC(=O)OCCC(F)(F)C(F)(F)C(F)(F)C(F)(F)F)C(C)(C)C. The van der Waals surface area contributed by atoms with Crippen LogP contribution in [0, 0.1) is 17.3 Å². The summed E-state index contributed by atoms with van der Waals surface area (Å²) in [4.78, 5) is 23.6. The zero-order chi connectivity index (χ0) is 25.1. The second-order valence-corrected chi connectivity index (χ2v) is 8.48. The van der Waals surface area contributed by atoms with Gasteiger partial charge in [-0.25, -0.2) is 4.79 Å². The third kappa shape index (κ3) is 7.44. The molecule has 31 heavy (non-hydrogen) atoms. The molecule has 0 saturated heterocycles.